The standard InChI is InChI=1S/C15H27N3O2/c1-2-13-5-3-4-8-18(13)14(19)11-17-9-6-12(7-10-17)15(16)20/h12-13H,2-11H2,1H3,(H2,16,20)/t13-/m0/s1. The minimum absolute atomic E-state index is 0.000251. The Labute approximate surface area is 121 Å². The molecule has 2 rings (SSSR count). The molecule has 0 aromatic heterocycles. The third-order valence-electron chi connectivity index (χ3n) is 4.77. The molecule has 5 nitrogen and oxygen atoms in total. The van der Waals surface area contributed by atoms with Gasteiger partial charge in [-0.15, -0.1) is 0 Å². The zero-order chi connectivity index (χ0) is 14.5. The summed E-state index contributed by atoms with van der Waals surface area (Å²) in [5.74, 6) is 0.0619. The quantitative estimate of drug-likeness (QED) is 0.835. The lowest BCUT2D eigenvalue weighted by molar-refractivity contribution is -0.136. The molecule has 2 fully saturated rings. The largest absolute Gasteiger partial charge is 0.369 e. The highest BCUT2D eigenvalue weighted by molar-refractivity contribution is 5.79. The van der Waals surface area contributed by atoms with Crippen LogP contribution in [0, 0.1) is 5.92 Å². The van der Waals surface area contributed by atoms with Crippen molar-refractivity contribution in [2.45, 2.75) is 51.5 Å². The summed E-state index contributed by atoms with van der Waals surface area (Å²) in [5, 5.41) is 0. The molecule has 0 bridgehead atoms. The van der Waals surface area contributed by atoms with Gasteiger partial charge in [0.05, 0.1) is 6.54 Å². The van der Waals surface area contributed by atoms with E-state index in [1.165, 1.54) is 6.42 Å². The second-order valence-electron chi connectivity index (χ2n) is 6.10. The molecule has 2 aliphatic heterocycles. The lowest BCUT2D eigenvalue weighted by Gasteiger charge is -2.37. The van der Waals surface area contributed by atoms with Crippen molar-refractivity contribution in [1.29, 1.82) is 0 Å². The summed E-state index contributed by atoms with van der Waals surface area (Å²) in [4.78, 5) is 27.8. The summed E-state index contributed by atoms with van der Waals surface area (Å²) in [6.07, 6.45) is 6.15. The molecule has 0 aromatic rings. The topological polar surface area (TPSA) is 66.6 Å². The van der Waals surface area contributed by atoms with Crippen LogP contribution in [0.15, 0.2) is 0 Å². The van der Waals surface area contributed by atoms with Gasteiger partial charge in [-0.2, -0.15) is 0 Å². The molecular weight excluding hydrogens is 254 g/mol. The van der Waals surface area contributed by atoms with E-state index < -0.39 is 0 Å². The Kier molecular flexibility index (Phi) is 5.40. The Morgan fingerprint density at radius 3 is 2.40 bits per heavy atom. The van der Waals surface area contributed by atoms with E-state index in [4.69, 9.17) is 5.73 Å². The molecule has 2 N–H and O–H groups in total. The van der Waals surface area contributed by atoms with Crippen molar-refractivity contribution < 1.29 is 9.59 Å². The Balaban J connectivity index is 1.81. The molecule has 0 unspecified atom stereocenters. The lowest BCUT2D eigenvalue weighted by atomic mass is 9.96. The number of likely N-dealkylation sites (tertiary alicyclic amines) is 2. The molecule has 0 aromatic carbocycles. The SMILES string of the molecule is CC[C@H]1CCCCN1C(=O)CN1CCC(C(N)=O)CC1. The number of carbonyl (C=O) groups is 2. The Morgan fingerprint density at radius 2 is 1.80 bits per heavy atom. The van der Waals surface area contributed by atoms with Gasteiger partial charge in [0.15, 0.2) is 0 Å². The fourth-order valence-electron chi connectivity index (χ4n) is 3.41. The molecule has 20 heavy (non-hydrogen) atoms. The highest BCUT2D eigenvalue weighted by Crippen LogP contribution is 2.21. The van der Waals surface area contributed by atoms with Crippen LogP contribution in [-0.2, 0) is 9.59 Å². The second-order valence-corrected chi connectivity index (χ2v) is 6.10. The van der Waals surface area contributed by atoms with Gasteiger partial charge in [-0.05, 0) is 51.6 Å². The first kappa shape index (κ1) is 15.3. The fourth-order valence-corrected chi connectivity index (χ4v) is 3.41. The van der Waals surface area contributed by atoms with Crippen molar-refractivity contribution in [1.82, 2.24) is 9.80 Å². The van der Waals surface area contributed by atoms with Crippen molar-refractivity contribution in [3.8, 4) is 0 Å². The van der Waals surface area contributed by atoms with Crippen molar-refractivity contribution in [3.05, 3.63) is 0 Å². The van der Waals surface area contributed by atoms with Crippen LogP contribution in [0.1, 0.15) is 45.4 Å². The van der Waals surface area contributed by atoms with E-state index >= 15 is 0 Å². The summed E-state index contributed by atoms with van der Waals surface area (Å²) in [5.41, 5.74) is 5.33. The third kappa shape index (κ3) is 3.72. The van der Waals surface area contributed by atoms with E-state index in [2.05, 4.69) is 16.7 Å². The first-order valence-corrected chi connectivity index (χ1v) is 7.93. The predicted molar refractivity (Wildman–Crippen MR) is 78.0 cm³/mol. The van der Waals surface area contributed by atoms with Crippen LogP contribution < -0.4 is 5.73 Å². The van der Waals surface area contributed by atoms with Gasteiger partial charge < -0.3 is 10.6 Å². The van der Waals surface area contributed by atoms with Crippen molar-refractivity contribution >= 4 is 11.8 Å². The third-order valence-corrected chi connectivity index (χ3v) is 4.77. The predicted octanol–water partition coefficient (Wildman–Crippen LogP) is 0.975. The van der Waals surface area contributed by atoms with Crippen molar-refractivity contribution in [3.63, 3.8) is 0 Å². The Morgan fingerprint density at radius 1 is 1.10 bits per heavy atom. The number of hydrogen-bond donors (Lipinski definition) is 1. The molecule has 2 saturated heterocycles. The normalized spacial score (nSPS) is 25.6. The maximum atomic E-state index is 12.4. The van der Waals surface area contributed by atoms with Crippen LogP contribution in [0.4, 0.5) is 0 Å². The average molecular weight is 281 g/mol. The van der Waals surface area contributed by atoms with Crippen LogP contribution in [-0.4, -0.2) is 53.8 Å². The molecule has 1 atom stereocenters. The number of piperidine rings is 2. The number of carbonyl (C=O) groups excluding carboxylic acids is 2. The van der Waals surface area contributed by atoms with Gasteiger partial charge in [-0.3, -0.25) is 14.5 Å². The van der Waals surface area contributed by atoms with Gasteiger partial charge in [-0.1, -0.05) is 6.92 Å². The summed E-state index contributed by atoms with van der Waals surface area (Å²) < 4.78 is 0. The van der Waals surface area contributed by atoms with E-state index in [1.54, 1.807) is 0 Å². The molecule has 0 radical (unpaired) electrons. The molecule has 0 spiro atoms. The van der Waals surface area contributed by atoms with Crippen LogP contribution in [0.5, 0.6) is 0 Å². The minimum Gasteiger partial charge on any atom is -0.369 e. The van der Waals surface area contributed by atoms with Crippen molar-refractivity contribution in [2.75, 3.05) is 26.2 Å². The molecule has 5 heteroatoms. The van der Waals surface area contributed by atoms with Crippen LogP contribution in [0.25, 0.3) is 0 Å². The first-order chi connectivity index (χ1) is 9.61. The molecule has 114 valence electrons. The van der Waals surface area contributed by atoms with Crippen LogP contribution in [0.2, 0.25) is 0 Å². The number of amides is 2. The van der Waals surface area contributed by atoms with Gasteiger partial charge in [0, 0.05) is 18.5 Å². The van der Waals surface area contributed by atoms with Crippen LogP contribution >= 0.6 is 0 Å². The molecule has 0 saturated carbocycles. The summed E-state index contributed by atoms with van der Waals surface area (Å²) in [6, 6.07) is 0.430. The molecule has 0 aliphatic carbocycles. The monoisotopic (exact) mass is 281 g/mol. The maximum Gasteiger partial charge on any atom is 0.236 e. The minimum atomic E-state index is -0.196. The second kappa shape index (κ2) is 7.07. The highest BCUT2D eigenvalue weighted by atomic mass is 16.2. The Hall–Kier alpha value is -1.10. The first-order valence-electron chi connectivity index (χ1n) is 7.93. The number of nitrogens with two attached hydrogens (primary N) is 1. The van der Waals surface area contributed by atoms with E-state index in [9.17, 15) is 9.59 Å². The molecular formula is C15H27N3O2. The van der Waals surface area contributed by atoms with Crippen molar-refractivity contribution in [2.24, 2.45) is 11.7 Å². The summed E-state index contributed by atoms with van der Waals surface area (Å²) in [6.45, 7) is 5.19. The van der Waals surface area contributed by atoms with E-state index in [1.807, 2.05) is 0 Å². The maximum absolute atomic E-state index is 12.4. The van der Waals surface area contributed by atoms with Gasteiger partial charge in [0.2, 0.25) is 11.8 Å². The van der Waals surface area contributed by atoms with Crippen LogP contribution in [0.3, 0.4) is 0 Å². The number of nitrogens with zero attached hydrogens (tertiary/aromatic N) is 2. The number of rotatable bonds is 4. The fraction of sp³-hybridized carbons (Fsp3) is 0.867. The molecule has 2 aliphatic rings. The lowest BCUT2D eigenvalue weighted by Crippen LogP contribution is -2.49. The zero-order valence-corrected chi connectivity index (χ0v) is 12.5. The number of hydrogen-bond acceptors (Lipinski definition) is 3. The van der Waals surface area contributed by atoms with E-state index in [0.29, 0.717) is 12.6 Å². The van der Waals surface area contributed by atoms with E-state index in [0.717, 1.165) is 51.7 Å². The van der Waals surface area contributed by atoms with E-state index in [-0.39, 0.29) is 17.7 Å². The van der Waals surface area contributed by atoms with Gasteiger partial charge >= 0.3 is 0 Å². The van der Waals surface area contributed by atoms with Gasteiger partial charge in [0.25, 0.3) is 0 Å². The Bertz CT molecular complexity index is 351. The van der Waals surface area contributed by atoms with Gasteiger partial charge in [-0.25, -0.2) is 0 Å². The molecule has 2 heterocycles. The summed E-state index contributed by atoms with van der Waals surface area (Å²) >= 11 is 0. The number of primary amides is 1. The highest BCUT2D eigenvalue weighted by Gasteiger charge is 2.29. The smallest absolute Gasteiger partial charge is 0.236 e. The van der Waals surface area contributed by atoms with Gasteiger partial charge in [0.1, 0.15) is 0 Å². The molecule has 2 amide bonds. The summed E-state index contributed by atoms with van der Waals surface area (Å²) in [7, 11) is 0. The average Bonchev–Trinajstić information content (AvgIpc) is 2.47. The zero-order valence-electron chi connectivity index (χ0n) is 12.5.